The molecule has 2 rings (SSSR count). The van der Waals surface area contributed by atoms with Crippen LogP contribution in [-0.4, -0.2) is 50.4 Å². The van der Waals surface area contributed by atoms with Crippen LogP contribution in [0.2, 0.25) is 0 Å². The van der Waals surface area contributed by atoms with Crippen LogP contribution in [0.5, 0.6) is 6.01 Å². The summed E-state index contributed by atoms with van der Waals surface area (Å²) >= 11 is 0. The number of nitrogens with zero attached hydrogens (tertiary/aromatic N) is 3. The second-order valence-corrected chi connectivity index (χ2v) is 6.36. The van der Waals surface area contributed by atoms with Gasteiger partial charge in [0.05, 0.1) is 7.11 Å². The van der Waals surface area contributed by atoms with E-state index in [0.29, 0.717) is 17.9 Å². The van der Waals surface area contributed by atoms with Gasteiger partial charge in [-0.05, 0) is 19.3 Å². The number of ether oxygens (including phenoxy) is 1. The maximum Gasteiger partial charge on any atom is 0.322 e. The summed E-state index contributed by atoms with van der Waals surface area (Å²) in [4.78, 5) is 12.7. The number of hydrogen-bond acceptors (Lipinski definition) is 7. The van der Waals surface area contributed by atoms with Crippen LogP contribution >= 0.6 is 0 Å². The van der Waals surface area contributed by atoms with Gasteiger partial charge in [0.1, 0.15) is 0 Å². The molecule has 20 heavy (non-hydrogen) atoms. The molecular formula is C12H21N5O2S. The maximum atomic E-state index is 11.3. The van der Waals surface area contributed by atoms with Gasteiger partial charge in [0.2, 0.25) is 11.9 Å². The van der Waals surface area contributed by atoms with Crippen molar-refractivity contribution in [1.29, 1.82) is 0 Å². The summed E-state index contributed by atoms with van der Waals surface area (Å²) < 4.78 is 16.4. The van der Waals surface area contributed by atoms with Crippen LogP contribution in [0.3, 0.4) is 0 Å². The highest BCUT2D eigenvalue weighted by Crippen LogP contribution is 2.16. The lowest BCUT2D eigenvalue weighted by Crippen LogP contribution is -2.30. The monoisotopic (exact) mass is 299 g/mol. The van der Waals surface area contributed by atoms with Crippen LogP contribution in [-0.2, 0) is 10.8 Å². The lowest BCUT2D eigenvalue weighted by molar-refractivity contribution is 0.379. The first-order valence-corrected chi connectivity index (χ1v) is 8.35. The van der Waals surface area contributed by atoms with Gasteiger partial charge in [-0.1, -0.05) is 6.92 Å². The summed E-state index contributed by atoms with van der Waals surface area (Å²) in [5, 5.41) is 6.40. The number of methoxy groups -OCH3 is 1. The lowest BCUT2D eigenvalue weighted by Gasteiger charge is -2.22. The first-order chi connectivity index (χ1) is 9.71. The third-order valence-corrected chi connectivity index (χ3v) is 4.43. The quantitative estimate of drug-likeness (QED) is 0.810. The second kappa shape index (κ2) is 7.37. The molecule has 0 atom stereocenters. The van der Waals surface area contributed by atoms with Gasteiger partial charge in [-0.25, -0.2) is 0 Å². The highest BCUT2D eigenvalue weighted by Gasteiger charge is 2.19. The minimum atomic E-state index is -0.664. The van der Waals surface area contributed by atoms with Crippen LogP contribution in [0.25, 0.3) is 0 Å². The molecule has 1 aliphatic rings. The van der Waals surface area contributed by atoms with Crippen LogP contribution in [0.15, 0.2) is 0 Å². The fourth-order valence-electron chi connectivity index (χ4n) is 1.95. The van der Waals surface area contributed by atoms with Crippen molar-refractivity contribution in [3.05, 3.63) is 0 Å². The van der Waals surface area contributed by atoms with E-state index < -0.39 is 10.8 Å². The van der Waals surface area contributed by atoms with Gasteiger partial charge in [-0.15, -0.1) is 0 Å². The van der Waals surface area contributed by atoms with E-state index in [1.165, 1.54) is 7.11 Å². The Morgan fingerprint density at radius 3 is 2.60 bits per heavy atom. The molecule has 0 saturated carbocycles. The molecular weight excluding hydrogens is 278 g/mol. The van der Waals surface area contributed by atoms with Crippen molar-refractivity contribution in [2.24, 2.45) is 0 Å². The standard InChI is InChI=1S/C12H21N5O2S/c1-3-6-13-10-15-11(17-12(16-10)19-2)14-9-4-7-20(18)8-5-9/h9H,3-8H2,1-2H3,(H2,13,14,15,16,17). The van der Waals surface area contributed by atoms with Crippen LogP contribution in [0.1, 0.15) is 26.2 Å². The Labute approximate surface area is 121 Å². The zero-order chi connectivity index (χ0) is 14.4. The van der Waals surface area contributed by atoms with Crippen molar-refractivity contribution in [1.82, 2.24) is 15.0 Å². The SMILES string of the molecule is CCCNc1nc(NC2CCS(=O)CC2)nc(OC)n1. The van der Waals surface area contributed by atoms with E-state index in [2.05, 4.69) is 32.5 Å². The molecule has 8 heteroatoms. The Bertz CT molecular complexity index is 461. The van der Waals surface area contributed by atoms with Gasteiger partial charge in [0, 0.05) is 34.9 Å². The predicted molar refractivity (Wildman–Crippen MR) is 79.7 cm³/mol. The van der Waals surface area contributed by atoms with E-state index in [1.807, 2.05) is 0 Å². The zero-order valence-electron chi connectivity index (χ0n) is 11.9. The Morgan fingerprint density at radius 2 is 1.95 bits per heavy atom. The smallest absolute Gasteiger partial charge is 0.322 e. The molecule has 0 spiro atoms. The van der Waals surface area contributed by atoms with E-state index in [9.17, 15) is 4.21 Å². The number of hydrogen-bond donors (Lipinski definition) is 2. The molecule has 0 unspecified atom stereocenters. The number of nitrogens with one attached hydrogen (secondary N) is 2. The highest BCUT2D eigenvalue weighted by atomic mass is 32.2. The Morgan fingerprint density at radius 1 is 1.25 bits per heavy atom. The molecule has 0 aliphatic carbocycles. The first kappa shape index (κ1) is 15.0. The van der Waals surface area contributed by atoms with Gasteiger partial charge < -0.3 is 15.4 Å². The van der Waals surface area contributed by atoms with E-state index in [-0.39, 0.29) is 6.04 Å². The Hall–Kier alpha value is -1.44. The summed E-state index contributed by atoms with van der Waals surface area (Å²) in [5.74, 6) is 2.50. The van der Waals surface area contributed by atoms with Crippen molar-refractivity contribution in [3.8, 4) is 6.01 Å². The fourth-order valence-corrected chi connectivity index (χ4v) is 3.25. The van der Waals surface area contributed by atoms with Crippen LogP contribution < -0.4 is 15.4 Å². The number of rotatable bonds is 6. The lowest BCUT2D eigenvalue weighted by atomic mass is 10.2. The molecule has 7 nitrogen and oxygen atoms in total. The molecule has 112 valence electrons. The van der Waals surface area contributed by atoms with Crippen molar-refractivity contribution >= 4 is 22.7 Å². The van der Waals surface area contributed by atoms with Gasteiger partial charge >= 0.3 is 6.01 Å². The summed E-state index contributed by atoms with van der Waals surface area (Å²) in [6.07, 6.45) is 2.74. The maximum absolute atomic E-state index is 11.3. The average molecular weight is 299 g/mol. The van der Waals surface area contributed by atoms with Gasteiger partial charge in [-0.2, -0.15) is 15.0 Å². The molecule has 0 radical (unpaired) electrons. The van der Waals surface area contributed by atoms with E-state index in [1.54, 1.807) is 0 Å². The molecule has 1 aromatic rings. The molecule has 1 aliphatic heterocycles. The molecule has 2 N–H and O–H groups in total. The zero-order valence-corrected chi connectivity index (χ0v) is 12.7. The van der Waals surface area contributed by atoms with Gasteiger partial charge in [0.25, 0.3) is 0 Å². The molecule has 0 amide bonds. The van der Waals surface area contributed by atoms with E-state index in [0.717, 1.165) is 37.3 Å². The Balaban J connectivity index is 2.03. The molecule has 2 heterocycles. The van der Waals surface area contributed by atoms with Gasteiger partial charge in [0.15, 0.2) is 0 Å². The fraction of sp³-hybridized carbons (Fsp3) is 0.750. The molecule has 0 bridgehead atoms. The minimum absolute atomic E-state index is 0.263. The van der Waals surface area contributed by atoms with Crippen LogP contribution in [0.4, 0.5) is 11.9 Å². The van der Waals surface area contributed by atoms with Crippen molar-refractivity contribution < 1.29 is 8.95 Å². The van der Waals surface area contributed by atoms with E-state index >= 15 is 0 Å². The molecule has 1 fully saturated rings. The van der Waals surface area contributed by atoms with Crippen LogP contribution in [0, 0.1) is 0 Å². The molecule has 1 aromatic heterocycles. The summed E-state index contributed by atoms with van der Waals surface area (Å²) in [5.41, 5.74) is 0. The van der Waals surface area contributed by atoms with E-state index in [4.69, 9.17) is 4.74 Å². The largest absolute Gasteiger partial charge is 0.467 e. The highest BCUT2D eigenvalue weighted by molar-refractivity contribution is 7.85. The molecule has 1 saturated heterocycles. The summed E-state index contributed by atoms with van der Waals surface area (Å²) in [6.45, 7) is 2.88. The third kappa shape index (κ3) is 4.29. The Kier molecular flexibility index (Phi) is 5.51. The summed E-state index contributed by atoms with van der Waals surface area (Å²) in [7, 11) is 0.870. The number of aromatic nitrogens is 3. The number of anilines is 2. The van der Waals surface area contributed by atoms with Crippen molar-refractivity contribution in [2.75, 3.05) is 35.8 Å². The van der Waals surface area contributed by atoms with Crippen molar-refractivity contribution in [2.45, 2.75) is 32.2 Å². The minimum Gasteiger partial charge on any atom is -0.467 e. The first-order valence-electron chi connectivity index (χ1n) is 6.86. The topological polar surface area (TPSA) is 89.0 Å². The molecule has 0 aromatic carbocycles. The third-order valence-electron chi connectivity index (χ3n) is 3.05. The van der Waals surface area contributed by atoms with Crippen molar-refractivity contribution in [3.63, 3.8) is 0 Å². The van der Waals surface area contributed by atoms with Gasteiger partial charge in [-0.3, -0.25) is 4.21 Å². The average Bonchev–Trinajstić information content (AvgIpc) is 2.47. The second-order valence-electron chi connectivity index (χ2n) is 4.66. The normalized spacial score (nSPS) is 22.3. The summed E-state index contributed by atoms with van der Waals surface area (Å²) in [6, 6.07) is 0.555. The predicted octanol–water partition coefficient (Wildman–Crippen LogP) is 1.03.